The van der Waals surface area contributed by atoms with E-state index in [9.17, 15) is 0 Å². The van der Waals surface area contributed by atoms with Crippen LogP contribution in [0.25, 0.3) is 10.4 Å². The lowest BCUT2D eigenvalue weighted by Crippen LogP contribution is -2.10. The van der Waals surface area contributed by atoms with Gasteiger partial charge >= 0.3 is 0 Å². The first-order chi connectivity index (χ1) is 8.78. The summed E-state index contributed by atoms with van der Waals surface area (Å²) in [5.41, 5.74) is 1.18. The predicted octanol–water partition coefficient (Wildman–Crippen LogP) is 3.42. The van der Waals surface area contributed by atoms with Gasteiger partial charge in [-0.15, -0.1) is 11.3 Å². The summed E-state index contributed by atoms with van der Waals surface area (Å²) >= 11 is 1.81. The zero-order valence-electron chi connectivity index (χ0n) is 10.4. The molecule has 0 amide bonds. The second-order valence-electron chi connectivity index (χ2n) is 4.28. The normalized spacial score (nSPS) is 14.8. The molecule has 1 atom stereocenters. The molecule has 0 radical (unpaired) electrons. The summed E-state index contributed by atoms with van der Waals surface area (Å²) in [5, 5.41) is 3.25. The van der Waals surface area contributed by atoms with Gasteiger partial charge in [-0.3, -0.25) is 0 Å². The SMILES string of the molecule is CNC(C)c1ccc(-c2ccc3c(c2)OCO3)s1. The number of rotatable bonds is 3. The van der Waals surface area contributed by atoms with Gasteiger partial charge in [0, 0.05) is 15.8 Å². The van der Waals surface area contributed by atoms with Crippen LogP contribution in [0.5, 0.6) is 11.5 Å². The van der Waals surface area contributed by atoms with E-state index in [4.69, 9.17) is 9.47 Å². The molecular formula is C14H15NO2S. The van der Waals surface area contributed by atoms with Gasteiger partial charge in [0.1, 0.15) is 0 Å². The van der Waals surface area contributed by atoms with Crippen molar-refractivity contribution in [1.82, 2.24) is 5.32 Å². The number of hydrogen-bond acceptors (Lipinski definition) is 4. The molecule has 0 saturated carbocycles. The minimum atomic E-state index is 0.325. The fraction of sp³-hybridized carbons (Fsp3) is 0.286. The van der Waals surface area contributed by atoms with Crippen LogP contribution < -0.4 is 14.8 Å². The maximum Gasteiger partial charge on any atom is 0.231 e. The standard InChI is InChI=1S/C14H15NO2S/c1-9(15-2)13-5-6-14(18-13)10-3-4-11-12(7-10)17-8-16-11/h3-7,9,15H,8H2,1-2H3. The van der Waals surface area contributed by atoms with Crippen LogP contribution in [-0.4, -0.2) is 13.8 Å². The van der Waals surface area contributed by atoms with Crippen LogP contribution in [-0.2, 0) is 0 Å². The average Bonchev–Trinajstić information content (AvgIpc) is 3.05. The topological polar surface area (TPSA) is 30.5 Å². The Bertz CT molecular complexity index is 565. The third-order valence-corrected chi connectivity index (χ3v) is 4.46. The van der Waals surface area contributed by atoms with Crippen molar-refractivity contribution in [2.24, 2.45) is 0 Å². The molecule has 3 nitrogen and oxygen atoms in total. The van der Waals surface area contributed by atoms with Crippen LogP contribution in [0.15, 0.2) is 30.3 Å². The maximum atomic E-state index is 5.41. The molecule has 1 aliphatic heterocycles. The van der Waals surface area contributed by atoms with E-state index in [0.29, 0.717) is 12.8 Å². The third-order valence-electron chi connectivity index (χ3n) is 3.14. The highest BCUT2D eigenvalue weighted by atomic mass is 32.1. The highest BCUT2D eigenvalue weighted by molar-refractivity contribution is 7.15. The van der Waals surface area contributed by atoms with Crippen molar-refractivity contribution in [3.63, 3.8) is 0 Å². The molecule has 0 fully saturated rings. The van der Waals surface area contributed by atoms with Crippen molar-refractivity contribution in [3.05, 3.63) is 35.2 Å². The quantitative estimate of drug-likeness (QED) is 0.918. The molecule has 0 saturated heterocycles. The van der Waals surface area contributed by atoms with Gasteiger partial charge in [0.05, 0.1) is 0 Å². The van der Waals surface area contributed by atoms with Gasteiger partial charge in [0.25, 0.3) is 0 Å². The van der Waals surface area contributed by atoms with Gasteiger partial charge in [-0.05, 0) is 49.9 Å². The molecule has 1 aliphatic rings. The Balaban J connectivity index is 1.92. The Morgan fingerprint density at radius 2 is 2.00 bits per heavy atom. The molecule has 1 unspecified atom stereocenters. The van der Waals surface area contributed by atoms with Gasteiger partial charge in [-0.25, -0.2) is 0 Å². The zero-order chi connectivity index (χ0) is 12.5. The van der Waals surface area contributed by atoms with Crippen LogP contribution in [0.2, 0.25) is 0 Å². The van der Waals surface area contributed by atoms with E-state index in [1.165, 1.54) is 15.3 Å². The first kappa shape index (κ1) is 11.6. The molecule has 18 heavy (non-hydrogen) atoms. The second kappa shape index (κ2) is 4.63. The Morgan fingerprint density at radius 1 is 1.17 bits per heavy atom. The molecular weight excluding hydrogens is 246 g/mol. The highest BCUT2D eigenvalue weighted by Gasteiger charge is 2.15. The lowest BCUT2D eigenvalue weighted by Gasteiger charge is -2.06. The lowest BCUT2D eigenvalue weighted by molar-refractivity contribution is 0.174. The molecule has 1 aromatic carbocycles. The highest BCUT2D eigenvalue weighted by Crippen LogP contribution is 2.38. The van der Waals surface area contributed by atoms with E-state index in [1.54, 1.807) is 11.3 Å². The monoisotopic (exact) mass is 261 g/mol. The summed E-state index contributed by atoms with van der Waals surface area (Å²) < 4.78 is 10.7. The van der Waals surface area contributed by atoms with Gasteiger partial charge in [-0.1, -0.05) is 0 Å². The number of ether oxygens (including phenoxy) is 2. The Labute approximate surface area is 110 Å². The Morgan fingerprint density at radius 3 is 2.83 bits per heavy atom. The van der Waals surface area contributed by atoms with E-state index >= 15 is 0 Å². The first-order valence-corrected chi connectivity index (χ1v) is 6.76. The molecule has 0 spiro atoms. The van der Waals surface area contributed by atoms with Crippen molar-refractivity contribution in [2.45, 2.75) is 13.0 Å². The molecule has 4 heteroatoms. The van der Waals surface area contributed by atoms with Crippen LogP contribution in [0.1, 0.15) is 17.8 Å². The van der Waals surface area contributed by atoms with Gasteiger partial charge in [0.15, 0.2) is 11.5 Å². The minimum absolute atomic E-state index is 0.325. The molecule has 2 heterocycles. The second-order valence-corrected chi connectivity index (χ2v) is 5.40. The lowest BCUT2D eigenvalue weighted by atomic mass is 10.1. The summed E-state index contributed by atoms with van der Waals surface area (Å²) in [5.74, 6) is 1.67. The summed E-state index contributed by atoms with van der Waals surface area (Å²) in [6.45, 7) is 2.49. The van der Waals surface area contributed by atoms with Gasteiger partial charge in [0.2, 0.25) is 6.79 Å². The van der Waals surface area contributed by atoms with Crippen molar-refractivity contribution >= 4 is 11.3 Å². The van der Waals surface area contributed by atoms with Crippen LogP contribution in [0.3, 0.4) is 0 Å². The number of nitrogens with one attached hydrogen (secondary N) is 1. The summed E-state index contributed by atoms with van der Waals surface area (Å²) in [4.78, 5) is 2.59. The summed E-state index contributed by atoms with van der Waals surface area (Å²) in [6, 6.07) is 10.8. The van der Waals surface area contributed by atoms with Crippen molar-refractivity contribution in [2.75, 3.05) is 13.8 Å². The van der Waals surface area contributed by atoms with Crippen molar-refractivity contribution < 1.29 is 9.47 Å². The van der Waals surface area contributed by atoms with Gasteiger partial charge < -0.3 is 14.8 Å². The molecule has 1 N–H and O–H groups in total. The zero-order valence-corrected chi connectivity index (χ0v) is 11.2. The predicted molar refractivity (Wildman–Crippen MR) is 73.4 cm³/mol. The smallest absolute Gasteiger partial charge is 0.231 e. The van der Waals surface area contributed by atoms with E-state index in [0.717, 1.165) is 11.5 Å². The van der Waals surface area contributed by atoms with E-state index in [1.807, 2.05) is 19.2 Å². The Kier molecular flexibility index (Phi) is 2.97. The van der Waals surface area contributed by atoms with E-state index in [-0.39, 0.29) is 0 Å². The van der Waals surface area contributed by atoms with Crippen LogP contribution in [0.4, 0.5) is 0 Å². The number of thiophene rings is 1. The van der Waals surface area contributed by atoms with Crippen LogP contribution >= 0.6 is 11.3 Å². The minimum Gasteiger partial charge on any atom is -0.454 e. The molecule has 0 bridgehead atoms. The van der Waals surface area contributed by atoms with Crippen molar-refractivity contribution in [3.8, 4) is 21.9 Å². The molecule has 3 rings (SSSR count). The number of hydrogen-bond donors (Lipinski definition) is 1. The summed E-state index contributed by atoms with van der Waals surface area (Å²) in [7, 11) is 1.98. The fourth-order valence-electron chi connectivity index (χ4n) is 1.93. The maximum absolute atomic E-state index is 5.41. The van der Waals surface area contributed by atoms with Crippen molar-refractivity contribution in [1.29, 1.82) is 0 Å². The molecule has 1 aromatic heterocycles. The largest absolute Gasteiger partial charge is 0.454 e. The Hall–Kier alpha value is -1.52. The van der Waals surface area contributed by atoms with E-state index in [2.05, 4.69) is 30.4 Å². The average molecular weight is 261 g/mol. The molecule has 94 valence electrons. The fourth-order valence-corrected chi connectivity index (χ4v) is 3.00. The molecule has 0 aliphatic carbocycles. The van der Waals surface area contributed by atoms with E-state index < -0.39 is 0 Å². The third kappa shape index (κ3) is 1.98. The summed E-state index contributed by atoms with van der Waals surface area (Å²) in [6.07, 6.45) is 0. The number of benzene rings is 1. The van der Waals surface area contributed by atoms with Gasteiger partial charge in [-0.2, -0.15) is 0 Å². The number of fused-ring (bicyclic) bond motifs is 1. The molecule has 2 aromatic rings. The first-order valence-electron chi connectivity index (χ1n) is 5.95. The van der Waals surface area contributed by atoms with Crippen LogP contribution in [0, 0.1) is 0 Å².